The van der Waals surface area contributed by atoms with Gasteiger partial charge in [-0.05, 0) is 30.3 Å². The van der Waals surface area contributed by atoms with Crippen LogP contribution in [0.1, 0.15) is 12.1 Å². The third-order valence-corrected chi connectivity index (χ3v) is 5.02. The SMILES string of the molecule is CS(=O)(=O)c1cccc(-n2ccc(=O)c(C(CC=N)=Nc3ccccc3)n2)c1. The van der Waals surface area contributed by atoms with Crippen molar-refractivity contribution in [2.75, 3.05) is 6.26 Å². The molecule has 142 valence electrons. The van der Waals surface area contributed by atoms with Gasteiger partial charge in [0.15, 0.2) is 15.5 Å². The number of nitrogens with one attached hydrogen (secondary N) is 1. The molecule has 0 saturated carbocycles. The summed E-state index contributed by atoms with van der Waals surface area (Å²) in [4.78, 5) is 17.0. The van der Waals surface area contributed by atoms with Crippen LogP contribution >= 0.6 is 0 Å². The Balaban J connectivity index is 2.12. The molecule has 1 N–H and O–H groups in total. The highest BCUT2D eigenvalue weighted by Crippen LogP contribution is 2.15. The van der Waals surface area contributed by atoms with E-state index in [0.717, 1.165) is 12.5 Å². The van der Waals surface area contributed by atoms with Gasteiger partial charge in [0.05, 0.1) is 22.0 Å². The van der Waals surface area contributed by atoms with Crippen molar-refractivity contribution >= 4 is 27.5 Å². The molecule has 0 saturated heterocycles. The van der Waals surface area contributed by atoms with Crippen molar-refractivity contribution in [3.8, 4) is 5.69 Å². The molecule has 1 aromatic heterocycles. The van der Waals surface area contributed by atoms with Gasteiger partial charge in [-0.15, -0.1) is 0 Å². The molecule has 0 bridgehead atoms. The fourth-order valence-corrected chi connectivity index (χ4v) is 3.22. The highest BCUT2D eigenvalue weighted by Gasteiger charge is 2.13. The summed E-state index contributed by atoms with van der Waals surface area (Å²) in [5.41, 5.74) is 1.29. The number of para-hydroxylation sites is 1. The minimum absolute atomic E-state index is 0.111. The summed E-state index contributed by atoms with van der Waals surface area (Å²) in [7, 11) is -3.37. The molecule has 3 aromatic rings. The molecule has 2 aromatic carbocycles. The topological polar surface area (TPSA) is 105 Å². The number of sulfone groups is 1. The molecule has 0 unspecified atom stereocenters. The average molecular weight is 394 g/mol. The lowest BCUT2D eigenvalue weighted by Crippen LogP contribution is -2.21. The number of hydrogen-bond acceptors (Lipinski definition) is 6. The second-order valence-electron chi connectivity index (χ2n) is 6.04. The second-order valence-corrected chi connectivity index (χ2v) is 8.06. The number of rotatable bonds is 6. The van der Waals surface area contributed by atoms with Crippen molar-refractivity contribution in [1.82, 2.24) is 9.78 Å². The van der Waals surface area contributed by atoms with E-state index in [1.165, 1.54) is 29.1 Å². The van der Waals surface area contributed by atoms with Crippen LogP contribution in [-0.4, -0.2) is 36.4 Å². The van der Waals surface area contributed by atoms with Crippen molar-refractivity contribution in [1.29, 1.82) is 5.41 Å². The van der Waals surface area contributed by atoms with Gasteiger partial charge >= 0.3 is 0 Å². The van der Waals surface area contributed by atoms with Gasteiger partial charge in [0.2, 0.25) is 5.43 Å². The Kier molecular flexibility index (Phi) is 5.60. The van der Waals surface area contributed by atoms with E-state index in [2.05, 4.69) is 10.1 Å². The van der Waals surface area contributed by atoms with Crippen LogP contribution in [0.5, 0.6) is 0 Å². The van der Waals surface area contributed by atoms with Crippen molar-refractivity contribution in [3.05, 3.63) is 82.8 Å². The van der Waals surface area contributed by atoms with Crippen LogP contribution in [0.4, 0.5) is 5.69 Å². The van der Waals surface area contributed by atoms with Crippen LogP contribution in [0, 0.1) is 5.41 Å². The molecule has 0 fully saturated rings. The zero-order chi connectivity index (χ0) is 20.1. The number of nitrogens with zero attached hydrogens (tertiary/aromatic N) is 3. The molecule has 1 heterocycles. The van der Waals surface area contributed by atoms with Gasteiger partial charge in [-0.2, -0.15) is 5.10 Å². The van der Waals surface area contributed by atoms with Crippen molar-refractivity contribution < 1.29 is 8.42 Å². The molecular formula is C20H18N4O3S. The van der Waals surface area contributed by atoms with Crippen LogP contribution in [0.15, 0.2) is 81.5 Å². The molecule has 0 atom stereocenters. The Hall–Kier alpha value is -3.39. The van der Waals surface area contributed by atoms with Crippen LogP contribution in [0.3, 0.4) is 0 Å². The summed E-state index contributed by atoms with van der Waals surface area (Å²) in [6, 6.07) is 16.7. The Bertz CT molecular complexity index is 1200. The first-order valence-corrected chi connectivity index (χ1v) is 10.3. The third kappa shape index (κ3) is 4.47. The molecule has 28 heavy (non-hydrogen) atoms. The largest absolute Gasteiger partial charge is 0.313 e. The molecule has 0 radical (unpaired) electrons. The molecule has 8 heteroatoms. The smallest absolute Gasteiger partial charge is 0.209 e. The van der Waals surface area contributed by atoms with Gasteiger partial charge in [-0.3, -0.25) is 9.79 Å². The summed E-state index contributed by atoms with van der Waals surface area (Å²) in [6.45, 7) is 0. The lowest BCUT2D eigenvalue weighted by molar-refractivity contribution is 0.601. The van der Waals surface area contributed by atoms with Crippen LogP contribution in [0.2, 0.25) is 0 Å². The van der Waals surface area contributed by atoms with E-state index < -0.39 is 9.84 Å². The molecule has 7 nitrogen and oxygen atoms in total. The van der Waals surface area contributed by atoms with Gasteiger partial charge in [0.1, 0.15) is 0 Å². The summed E-state index contributed by atoms with van der Waals surface area (Å²) in [5, 5.41) is 11.8. The van der Waals surface area contributed by atoms with E-state index in [1.807, 2.05) is 18.2 Å². The van der Waals surface area contributed by atoms with Gasteiger partial charge in [-0.1, -0.05) is 24.3 Å². The molecule has 0 spiro atoms. The lowest BCUT2D eigenvalue weighted by Gasteiger charge is -2.09. The molecule has 0 aliphatic carbocycles. The van der Waals surface area contributed by atoms with Gasteiger partial charge in [0, 0.05) is 31.2 Å². The highest BCUT2D eigenvalue weighted by molar-refractivity contribution is 7.90. The normalized spacial score (nSPS) is 12.0. The summed E-state index contributed by atoms with van der Waals surface area (Å²) in [6.07, 6.45) is 3.90. The fourth-order valence-electron chi connectivity index (χ4n) is 2.56. The monoisotopic (exact) mass is 394 g/mol. The molecule has 0 aliphatic rings. The maximum absolute atomic E-state index is 12.4. The Morgan fingerprint density at radius 1 is 1.14 bits per heavy atom. The zero-order valence-corrected chi connectivity index (χ0v) is 15.9. The Morgan fingerprint density at radius 3 is 2.57 bits per heavy atom. The summed E-state index contributed by atoms with van der Waals surface area (Å²) >= 11 is 0. The van der Waals surface area contributed by atoms with E-state index in [0.29, 0.717) is 17.1 Å². The van der Waals surface area contributed by atoms with Crippen molar-refractivity contribution in [3.63, 3.8) is 0 Å². The maximum Gasteiger partial charge on any atom is 0.209 e. The van der Waals surface area contributed by atoms with E-state index in [-0.39, 0.29) is 22.4 Å². The minimum Gasteiger partial charge on any atom is -0.313 e. The highest BCUT2D eigenvalue weighted by atomic mass is 32.2. The number of aromatic nitrogens is 2. The van der Waals surface area contributed by atoms with Crippen molar-refractivity contribution in [2.45, 2.75) is 11.3 Å². The quantitative estimate of drug-likeness (QED) is 0.649. The first kappa shape index (κ1) is 19.4. The minimum atomic E-state index is -3.37. The predicted octanol–water partition coefficient (Wildman–Crippen LogP) is 2.80. The van der Waals surface area contributed by atoms with E-state index in [9.17, 15) is 13.2 Å². The Morgan fingerprint density at radius 2 is 1.89 bits per heavy atom. The number of aliphatic imine (C=N–C) groups is 1. The van der Waals surface area contributed by atoms with Crippen LogP contribution in [0.25, 0.3) is 5.69 Å². The Labute approximate surface area is 162 Å². The third-order valence-electron chi connectivity index (χ3n) is 3.91. The maximum atomic E-state index is 12.4. The van der Waals surface area contributed by atoms with Crippen LogP contribution in [-0.2, 0) is 9.84 Å². The van der Waals surface area contributed by atoms with Crippen molar-refractivity contribution in [2.24, 2.45) is 4.99 Å². The standard InChI is InChI=1S/C20H18N4O3S/c1-28(26,27)17-9-5-8-16(14-17)24-13-11-19(25)20(23-24)18(10-12-21)22-15-6-3-2-4-7-15/h2-9,11-14,21H,10H2,1H3. The molecule has 0 amide bonds. The van der Waals surface area contributed by atoms with Crippen LogP contribution < -0.4 is 5.43 Å². The molecule has 3 rings (SSSR count). The zero-order valence-electron chi connectivity index (χ0n) is 15.1. The van der Waals surface area contributed by atoms with Gasteiger partial charge in [0.25, 0.3) is 0 Å². The van der Waals surface area contributed by atoms with E-state index in [1.54, 1.807) is 24.3 Å². The predicted molar refractivity (Wildman–Crippen MR) is 109 cm³/mol. The first-order valence-electron chi connectivity index (χ1n) is 8.41. The molecular weight excluding hydrogens is 376 g/mol. The van der Waals surface area contributed by atoms with Gasteiger partial charge < -0.3 is 5.41 Å². The second kappa shape index (κ2) is 8.10. The average Bonchev–Trinajstić information content (AvgIpc) is 2.68. The fraction of sp³-hybridized carbons (Fsp3) is 0.100. The summed E-state index contributed by atoms with van der Waals surface area (Å²) in [5.74, 6) is 0. The lowest BCUT2D eigenvalue weighted by atomic mass is 10.2. The first-order chi connectivity index (χ1) is 13.4. The number of hydrogen-bond donors (Lipinski definition) is 1. The number of benzene rings is 2. The van der Waals surface area contributed by atoms with E-state index >= 15 is 0 Å². The van der Waals surface area contributed by atoms with E-state index in [4.69, 9.17) is 5.41 Å². The molecule has 0 aliphatic heterocycles. The van der Waals surface area contributed by atoms with Gasteiger partial charge in [-0.25, -0.2) is 13.1 Å². The summed E-state index contributed by atoms with van der Waals surface area (Å²) < 4.78 is 25.0.